The van der Waals surface area contributed by atoms with Gasteiger partial charge in [-0.2, -0.15) is 0 Å². The standard InChI is InChI=1S/C17H16N4/c1-2-7-14(8-3-1)21-16(12-19-20-21)17-15-9-5-4-6-13(15)10-11-18-17/h1-9,12,17-18H,10-11H2. The first-order valence-electron chi connectivity index (χ1n) is 7.21. The maximum atomic E-state index is 4.26. The zero-order valence-corrected chi connectivity index (χ0v) is 11.6. The molecule has 4 rings (SSSR count). The van der Waals surface area contributed by atoms with Gasteiger partial charge in [-0.25, -0.2) is 4.68 Å². The Morgan fingerprint density at radius 1 is 1.00 bits per heavy atom. The van der Waals surface area contributed by atoms with E-state index in [0.29, 0.717) is 0 Å². The lowest BCUT2D eigenvalue weighted by Crippen LogP contribution is -2.31. The van der Waals surface area contributed by atoms with Crippen LogP contribution in [0.4, 0.5) is 0 Å². The summed E-state index contributed by atoms with van der Waals surface area (Å²) in [5, 5.41) is 12.0. The second kappa shape index (κ2) is 5.14. The normalized spacial score (nSPS) is 17.4. The molecule has 1 N–H and O–H groups in total. The molecule has 0 aliphatic carbocycles. The number of para-hydroxylation sites is 1. The number of hydrogen-bond acceptors (Lipinski definition) is 3. The number of benzene rings is 2. The fourth-order valence-electron chi connectivity index (χ4n) is 2.98. The predicted molar refractivity (Wildman–Crippen MR) is 81.4 cm³/mol. The summed E-state index contributed by atoms with van der Waals surface area (Å²) >= 11 is 0. The molecule has 1 aromatic heterocycles. The number of nitrogens with zero attached hydrogens (tertiary/aromatic N) is 3. The van der Waals surface area contributed by atoms with Crippen molar-refractivity contribution >= 4 is 0 Å². The van der Waals surface area contributed by atoms with Crippen molar-refractivity contribution in [1.82, 2.24) is 20.3 Å². The maximum Gasteiger partial charge on any atom is 0.0860 e. The highest BCUT2D eigenvalue weighted by molar-refractivity contribution is 5.40. The van der Waals surface area contributed by atoms with Gasteiger partial charge in [-0.1, -0.05) is 47.7 Å². The van der Waals surface area contributed by atoms with Crippen molar-refractivity contribution in [2.75, 3.05) is 6.54 Å². The van der Waals surface area contributed by atoms with Crippen LogP contribution in [0.25, 0.3) is 5.69 Å². The first-order valence-corrected chi connectivity index (χ1v) is 7.21. The van der Waals surface area contributed by atoms with Crippen molar-refractivity contribution in [3.8, 4) is 5.69 Å². The van der Waals surface area contributed by atoms with Gasteiger partial charge in [0, 0.05) is 6.54 Å². The van der Waals surface area contributed by atoms with E-state index >= 15 is 0 Å². The molecular formula is C17H16N4. The highest BCUT2D eigenvalue weighted by Gasteiger charge is 2.24. The van der Waals surface area contributed by atoms with Gasteiger partial charge in [0.25, 0.3) is 0 Å². The molecule has 1 unspecified atom stereocenters. The van der Waals surface area contributed by atoms with E-state index in [9.17, 15) is 0 Å². The van der Waals surface area contributed by atoms with Crippen LogP contribution in [0.1, 0.15) is 22.9 Å². The SMILES string of the molecule is c1ccc(-n2nncc2C2NCCc3ccccc32)cc1. The number of aromatic nitrogens is 3. The van der Waals surface area contributed by atoms with Gasteiger partial charge in [-0.05, 0) is 29.7 Å². The summed E-state index contributed by atoms with van der Waals surface area (Å²) in [5.41, 5.74) is 4.84. The van der Waals surface area contributed by atoms with Crippen molar-refractivity contribution < 1.29 is 0 Å². The predicted octanol–water partition coefficient (Wildman–Crippen LogP) is 2.50. The monoisotopic (exact) mass is 276 g/mol. The molecular weight excluding hydrogens is 260 g/mol. The summed E-state index contributed by atoms with van der Waals surface area (Å²) in [4.78, 5) is 0. The number of rotatable bonds is 2. The number of hydrogen-bond donors (Lipinski definition) is 1. The van der Waals surface area contributed by atoms with Crippen molar-refractivity contribution in [3.63, 3.8) is 0 Å². The fourth-order valence-corrected chi connectivity index (χ4v) is 2.98. The van der Waals surface area contributed by atoms with E-state index in [0.717, 1.165) is 24.3 Å². The molecule has 4 nitrogen and oxygen atoms in total. The summed E-state index contributed by atoms with van der Waals surface area (Å²) in [5.74, 6) is 0. The first-order chi connectivity index (χ1) is 10.4. The molecule has 1 aliphatic rings. The average molecular weight is 276 g/mol. The highest BCUT2D eigenvalue weighted by atomic mass is 15.4. The summed E-state index contributed by atoms with van der Waals surface area (Å²) in [6.07, 6.45) is 2.92. The van der Waals surface area contributed by atoms with Crippen molar-refractivity contribution in [2.45, 2.75) is 12.5 Å². The minimum Gasteiger partial charge on any atom is -0.305 e. The Labute approximate surface area is 123 Å². The molecule has 0 amide bonds. The molecule has 2 aromatic carbocycles. The maximum absolute atomic E-state index is 4.26. The zero-order valence-electron chi connectivity index (χ0n) is 11.6. The lowest BCUT2D eigenvalue weighted by Gasteiger charge is -2.27. The van der Waals surface area contributed by atoms with Crippen molar-refractivity contribution in [2.24, 2.45) is 0 Å². The van der Waals surface area contributed by atoms with Crippen LogP contribution < -0.4 is 5.32 Å². The van der Waals surface area contributed by atoms with E-state index in [2.05, 4.69) is 39.9 Å². The molecule has 0 bridgehead atoms. The van der Waals surface area contributed by atoms with Gasteiger partial charge in [0.05, 0.1) is 23.6 Å². The second-order valence-electron chi connectivity index (χ2n) is 5.24. The van der Waals surface area contributed by atoms with Crippen LogP contribution in [-0.2, 0) is 6.42 Å². The van der Waals surface area contributed by atoms with Gasteiger partial charge in [0.2, 0.25) is 0 Å². The van der Waals surface area contributed by atoms with Crippen LogP contribution >= 0.6 is 0 Å². The van der Waals surface area contributed by atoms with E-state index in [1.807, 2.05) is 41.2 Å². The van der Waals surface area contributed by atoms with Gasteiger partial charge < -0.3 is 5.32 Å². The molecule has 0 fully saturated rings. The van der Waals surface area contributed by atoms with Crippen LogP contribution in [0.5, 0.6) is 0 Å². The van der Waals surface area contributed by atoms with Crippen LogP contribution in [0.3, 0.4) is 0 Å². The molecule has 2 heterocycles. The van der Waals surface area contributed by atoms with Gasteiger partial charge >= 0.3 is 0 Å². The molecule has 0 saturated carbocycles. The summed E-state index contributed by atoms with van der Waals surface area (Å²) in [7, 11) is 0. The number of nitrogens with one attached hydrogen (secondary N) is 1. The molecule has 3 aromatic rings. The first kappa shape index (κ1) is 12.3. The molecule has 0 spiro atoms. The molecule has 1 aliphatic heterocycles. The second-order valence-corrected chi connectivity index (χ2v) is 5.24. The summed E-state index contributed by atoms with van der Waals surface area (Å²) < 4.78 is 1.92. The van der Waals surface area contributed by atoms with Gasteiger partial charge in [-0.3, -0.25) is 0 Å². The molecule has 0 radical (unpaired) electrons. The van der Waals surface area contributed by atoms with E-state index < -0.39 is 0 Å². The zero-order chi connectivity index (χ0) is 14.1. The molecule has 4 heteroatoms. The van der Waals surface area contributed by atoms with Crippen LogP contribution in [-0.4, -0.2) is 21.5 Å². The minimum atomic E-state index is 0.144. The Bertz CT molecular complexity index is 748. The Kier molecular flexibility index (Phi) is 3.01. The fraction of sp³-hybridized carbons (Fsp3) is 0.176. The van der Waals surface area contributed by atoms with Crippen LogP contribution in [0.15, 0.2) is 60.8 Å². The topological polar surface area (TPSA) is 42.7 Å². The molecule has 1 atom stereocenters. The van der Waals surface area contributed by atoms with Crippen LogP contribution in [0.2, 0.25) is 0 Å². The minimum absolute atomic E-state index is 0.144. The lowest BCUT2D eigenvalue weighted by molar-refractivity contribution is 0.542. The average Bonchev–Trinajstić information content (AvgIpc) is 3.04. The molecule has 104 valence electrons. The van der Waals surface area contributed by atoms with E-state index in [1.165, 1.54) is 11.1 Å². The third-order valence-electron chi connectivity index (χ3n) is 3.98. The Morgan fingerprint density at radius 3 is 2.71 bits per heavy atom. The Morgan fingerprint density at radius 2 is 1.81 bits per heavy atom. The van der Waals surface area contributed by atoms with E-state index in [4.69, 9.17) is 0 Å². The molecule has 0 saturated heterocycles. The highest BCUT2D eigenvalue weighted by Crippen LogP contribution is 2.29. The number of fused-ring (bicyclic) bond motifs is 1. The molecule has 21 heavy (non-hydrogen) atoms. The lowest BCUT2D eigenvalue weighted by atomic mass is 9.92. The van der Waals surface area contributed by atoms with Gasteiger partial charge in [0.1, 0.15) is 0 Å². The largest absolute Gasteiger partial charge is 0.305 e. The quantitative estimate of drug-likeness (QED) is 0.782. The van der Waals surface area contributed by atoms with Crippen LogP contribution in [0, 0.1) is 0 Å². The van der Waals surface area contributed by atoms with Gasteiger partial charge in [0.15, 0.2) is 0 Å². The third kappa shape index (κ3) is 2.14. The Balaban J connectivity index is 1.81. The van der Waals surface area contributed by atoms with Crippen molar-refractivity contribution in [1.29, 1.82) is 0 Å². The van der Waals surface area contributed by atoms with Crippen molar-refractivity contribution in [3.05, 3.63) is 77.6 Å². The van der Waals surface area contributed by atoms with E-state index in [-0.39, 0.29) is 6.04 Å². The Hall–Kier alpha value is -2.46. The summed E-state index contributed by atoms with van der Waals surface area (Å²) in [6.45, 7) is 0.974. The van der Waals surface area contributed by atoms with Gasteiger partial charge in [-0.15, -0.1) is 5.10 Å². The summed E-state index contributed by atoms with van der Waals surface area (Å²) in [6, 6.07) is 18.9. The smallest absolute Gasteiger partial charge is 0.0860 e. The third-order valence-corrected chi connectivity index (χ3v) is 3.98. The van der Waals surface area contributed by atoms with E-state index in [1.54, 1.807) is 0 Å².